The van der Waals surface area contributed by atoms with Gasteiger partial charge in [0.05, 0.1) is 12.6 Å². The number of pyridine rings is 1. The molecule has 0 bridgehead atoms. The number of hydrogen-bond acceptors (Lipinski definition) is 5. The summed E-state index contributed by atoms with van der Waals surface area (Å²) in [7, 11) is 0. The Labute approximate surface area is 146 Å². The minimum Gasteiger partial charge on any atom is -0.354 e. The van der Waals surface area contributed by atoms with E-state index < -0.39 is 24.9 Å². The van der Waals surface area contributed by atoms with Crippen molar-refractivity contribution in [1.82, 2.24) is 20.5 Å². The fraction of sp³-hybridized carbons (Fsp3) is 0.647. The highest BCUT2D eigenvalue weighted by atomic mass is 19.3. The van der Waals surface area contributed by atoms with E-state index in [9.17, 15) is 13.6 Å². The van der Waals surface area contributed by atoms with E-state index in [0.717, 1.165) is 32.0 Å². The van der Waals surface area contributed by atoms with Gasteiger partial charge in [-0.2, -0.15) is 0 Å². The highest BCUT2D eigenvalue weighted by molar-refractivity contribution is 5.82. The van der Waals surface area contributed by atoms with Crippen LogP contribution in [-0.2, 0) is 4.79 Å². The Morgan fingerprint density at radius 1 is 1.40 bits per heavy atom. The number of anilines is 1. The van der Waals surface area contributed by atoms with Crippen LogP contribution in [0.25, 0.3) is 0 Å². The molecule has 1 aromatic heterocycles. The topological polar surface area (TPSA) is 60.5 Å². The smallest absolute Gasteiger partial charge is 0.262 e. The molecule has 0 saturated carbocycles. The Morgan fingerprint density at radius 3 is 2.76 bits per heavy atom. The second-order valence-electron chi connectivity index (χ2n) is 6.88. The van der Waals surface area contributed by atoms with Crippen LogP contribution in [-0.4, -0.2) is 73.1 Å². The van der Waals surface area contributed by atoms with E-state index in [1.165, 1.54) is 0 Å². The molecule has 2 unspecified atom stereocenters. The van der Waals surface area contributed by atoms with Gasteiger partial charge in [0, 0.05) is 51.4 Å². The molecule has 0 aromatic carbocycles. The normalized spacial score (nSPS) is 24.9. The van der Waals surface area contributed by atoms with Crippen molar-refractivity contribution < 1.29 is 13.6 Å². The van der Waals surface area contributed by atoms with Crippen LogP contribution in [0.2, 0.25) is 0 Å². The van der Waals surface area contributed by atoms with Gasteiger partial charge in [-0.25, -0.2) is 13.8 Å². The van der Waals surface area contributed by atoms with Crippen molar-refractivity contribution in [1.29, 1.82) is 0 Å². The molecule has 25 heavy (non-hydrogen) atoms. The van der Waals surface area contributed by atoms with Gasteiger partial charge in [-0.1, -0.05) is 6.07 Å². The molecule has 1 aromatic rings. The first kappa shape index (κ1) is 18.0. The average molecular weight is 353 g/mol. The minimum absolute atomic E-state index is 0.0788. The first-order chi connectivity index (χ1) is 11.9. The summed E-state index contributed by atoms with van der Waals surface area (Å²) in [6, 6.07) is 5.01. The van der Waals surface area contributed by atoms with Gasteiger partial charge in [-0.15, -0.1) is 0 Å². The number of nitrogens with one attached hydrogen (secondary N) is 2. The summed E-state index contributed by atoms with van der Waals surface area (Å²) in [5, 5.41) is 5.44. The molecule has 8 heteroatoms. The third kappa shape index (κ3) is 4.85. The zero-order valence-electron chi connectivity index (χ0n) is 14.4. The quantitative estimate of drug-likeness (QED) is 0.816. The van der Waals surface area contributed by atoms with Crippen LogP contribution in [0.3, 0.4) is 0 Å². The molecular formula is C17H25F2N5O. The number of hydrogen-bond donors (Lipinski definition) is 2. The van der Waals surface area contributed by atoms with E-state index in [1.54, 1.807) is 6.20 Å². The molecule has 138 valence electrons. The Morgan fingerprint density at radius 2 is 2.16 bits per heavy atom. The first-order valence-corrected chi connectivity index (χ1v) is 8.73. The van der Waals surface area contributed by atoms with E-state index in [4.69, 9.17) is 0 Å². The number of halogens is 2. The number of amides is 1. The van der Waals surface area contributed by atoms with Crippen molar-refractivity contribution in [2.24, 2.45) is 0 Å². The summed E-state index contributed by atoms with van der Waals surface area (Å²) < 4.78 is 26.4. The van der Waals surface area contributed by atoms with Crippen LogP contribution in [0.15, 0.2) is 24.4 Å². The molecule has 2 aliphatic rings. The third-order valence-corrected chi connectivity index (χ3v) is 4.69. The fourth-order valence-corrected chi connectivity index (χ4v) is 3.38. The van der Waals surface area contributed by atoms with E-state index in [-0.39, 0.29) is 11.9 Å². The van der Waals surface area contributed by atoms with Crippen molar-refractivity contribution in [3.63, 3.8) is 0 Å². The predicted molar refractivity (Wildman–Crippen MR) is 91.8 cm³/mol. The third-order valence-electron chi connectivity index (χ3n) is 4.69. The lowest BCUT2D eigenvalue weighted by molar-refractivity contribution is -0.124. The van der Waals surface area contributed by atoms with E-state index in [2.05, 4.69) is 25.4 Å². The number of carbonyl (C=O) groups excluding carboxylic acids is 1. The number of rotatable bonds is 5. The molecule has 3 rings (SSSR count). The van der Waals surface area contributed by atoms with Crippen molar-refractivity contribution >= 4 is 11.7 Å². The van der Waals surface area contributed by atoms with E-state index >= 15 is 0 Å². The zero-order chi connectivity index (χ0) is 17.9. The first-order valence-electron chi connectivity index (χ1n) is 8.73. The number of aromatic nitrogens is 1. The van der Waals surface area contributed by atoms with Gasteiger partial charge >= 0.3 is 0 Å². The number of nitrogens with zero attached hydrogens (tertiary/aromatic N) is 3. The van der Waals surface area contributed by atoms with Gasteiger partial charge < -0.3 is 10.2 Å². The predicted octanol–water partition coefficient (Wildman–Crippen LogP) is 0.706. The van der Waals surface area contributed by atoms with Crippen molar-refractivity contribution in [3.8, 4) is 0 Å². The Balaban J connectivity index is 1.41. The Kier molecular flexibility index (Phi) is 5.48. The molecule has 1 amide bonds. The summed E-state index contributed by atoms with van der Waals surface area (Å²) >= 11 is 0. The van der Waals surface area contributed by atoms with Crippen molar-refractivity contribution in [3.05, 3.63) is 24.4 Å². The molecule has 0 radical (unpaired) electrons. The van der Waals surface area contributed by atoms with Gasteiger partial charge in [0.25, 0.3) is 5.92 Å². The highest BCUT2D eigenvalue weighted by Gasteiger charge is 2.42. The molecule has 2 aliphatic heterocycles. The maximum Gasteiger partial charge on any atom is 0.262 e. The Hall–Kier alpha value is -1.80. The van der Waals surface area contributed by atoms with Gasteiger partial charge in [0.15, 0.2) is 0 Å². The molecule has 3 heterocycles. The maximum absolute atomic E-state index is 13.2. The Bertz CT molecular complexity index is 578. The monoisotopic (exact) mass is 353 g/mol. The van der Waals surface area contributed by atoms with Crippen molar-refractivity contribution in [2.75, 3.05) is 44.2 Å². The lowest BCUT2D eigenvalue weighted by Gasteiger charge is -2.36. The lowest BCUT2D eigenvalue weighted by atomic mass is 10.1. The number of carbonyl (C=O) groups is 1. The summed E-state index contributed by atoms with van der Waals surface area (Å²) in [6.45, 7) is 5.74. The second kappa shape index (κ2) is 7.61. The fourth-order valence-electron chi connectivity index (χ4n) is 3.38. The van der Waals surface area contributed by atoms with Crippen molar-refractivity contribution in [2.45, 2.75) is 31.4 Å². The van der Waals surface area contributed by atoms with Crippen LogP contribution in [0.4, 0.5) is 14.6 Å². The minimum atomic E-state index is -2.78. The summed E-state index contributed by atoms with van der Waals surface area (Å²) in [6.07, 6.45) is 1.37. The standard InChI is InChI=1S/C17H25F2N5O/c1-13(22-16(25)14-10-17(18,19)12-21-14)11-23-6-8-24(9-7-23)15-4-2-3-5-20-15/h2-5,13-14,21H,6-12H2,1H3,(H,22,25). The van der Waals surface area contributed by atoms with E-state index in [0.29, 0.717) is 6.54 Å². The SMILES string of the molecule is CC(CN1CCN(c2ccccn2)CC1)NC(=O)C1CC(F)(F)CN1. The molecule has 6 nitrogen and oxygen atoms in total. The summed E-state index contributed by atoms with van der Waals surface area (Å²) in [5.41, 5.74) is 0. The van der Waals surface area contributed by atoms with Crippen LogP contribution in [0.1, 0.15) is 13.3 Å². The zero-order valence-corrected chi connectivity index (χ0v) is 14.4. The van der Waals surface area contributed by atoms with Gasteiger partial charge in [0.2, 0.25) is 5.91 Å². The second-order valence-corrected chi connectivity index (χ2v) is 6.88. The van der Waals surface area contributed by atoms with Crippen LogP contribution in [0.5, 0.6) is 0 Å². The maximum atomic E-state index is 13.2. The summed E-state index contributed by atoms with van der Waals surface area (Å²) in [5.74, 6) is -2.14. The van der Waals surface area contributed by atoms with Gasteiger partial charge in [-0.3, -0.25) is 15.0 Å². The van der Waals surface area contributed by atoms with Crippen LogP contribution >= 0.6 is 0 Å². The largest absolute Gasteiger partial charge is 0.354 e. The molecule has 2 fully saturated rings. The molecule has 2 N–H and O–H groups in total. The lowest BCUT2D eigenvalue weighted by Crippen LogP contribution is -2.52. The molecule has 0 aliphatic carbocycles. The van der Waals surface area contributed by atoms with Gasteiger partial charge in [0.1, 0.15) is 5.82 Å². The van der Waals surface area contributed by atoms with Crippen LogP contribution in [0, 0.1) is 0 Å². The molecule has 2 atom stereocenters. The summed E-state index contributed by atoms with van der Waals surface area (Å²) in [4.78, 5) is 21.0. The highest BCUT2D eigenvalue weighted by Crippen LogP contribution is 2.25. The molecule has 0 spiro atoms. The molecule has 2 saturated heterocycles. The van der Waals surface area contributed by atoms with E-state index in [1.807, 2.05) is 25.1 Å². The van der Waals surface area contributed by atoms with Crippen LogP contribution < -0.4 is 15.5 Å². The number of alkyl halides is 2. The number of piperazine rings is 1. The average Bonchev–Trinajstić information content (AvgIpc) is 2.96. The van der Waals surface area contributed by atoms with Gasteiger partial charge in [-0.05, 0) is 19.1 Å². The molecular weight excluding hydrogens is 328 g/mol.